The van der Waals surface area contributed by atoms with E-state index in [0.29, 0.717) is 0 Å². The van der Waals surface area contributed by atoms with E-state index < -0.39 is 0 Å². The molecule has 1 aliphatic rings. The van der Waals surface area contributed by atoms with Gasteiger partial charge in [-0.2, -0.15) is 0 Å². The van der Waals surface area contributed by atoms with Crippen molar-refractivity contribution in [3.63, 3.8) is 0 Å². The smallest absolute Gasteiger partial charge is 0.0760 e. The lowest BCUT2D eigenvalue weighted by molar-refractivity contribution is 0.0921. The predicted octanol–water partition coefficient (Wildman–Crippen LogP) is 1.39. The molecule has 0 aromatic heterocycles. The molecule has 2 rings (SSSR count). The van der Waals surface area contributed by atoms with E-state index >= 15 is 0 Å². The highest BCUT2D eigenvalue weighted by atomic mass is 32.2. The number of thioether (sulfide) groups is 1. The topological polar surface area (TPSA) is 26.7 Å². The van der Waals surface area contributed by atoms with Crippen molar-refractivity contribution in [2.45, 2.75) is 11.0 Å². The first kappa shape index (κ1) is 13.9. The molecule has 4 heteroatoms. The molecule has 1 aromatic rings. The van der Waals surface area contributed by atoms with Crippen LogP contribution in [-0.4, -0.2) is 66.5 Å². The first-order valence-corrected chi connectivity index (χ1v) is 7.49. The van der Waals surface area contributed by atoms with Crippen LogP contribution >= 0.6 is 11.8 Å². The minimum atomic E-state index is -0.237. The van der Waals surface area contributed by atoms with Crippen molar-refractivity contribution in [3.05, 3.63) is 30.3 Å². The van der Waals surface area contributed by atoms with Crippen LogP contribution in [0.15, 0.2) is 35.2 Å². The lowest BCUT2D eigenvalue weighted by atomic mass is 10.3. The Bertz CT molecular complexity index is 339. The van der Waals surface area contributed by atoms with Gasteiger partial charge in [0.15, 0.2) is 0 Å². The van der Waals surface area contributed by atoms with E-state index in [9.17, 15) is 5.11 Å². The van der Waals surface area contributed by atoms with Gasteiger partial charge in [0.05, 0.1) is 6.10 Å². The number of benzene rings is 1. The molecule has 0 radical (unpaired) electrons. The monoisotopic (exact) mass is 266 g/mol. The molecule has 1 N–H and O–H groups in total. The van der Waals surface area contributed by atoms with Crippen LogP contribution in [0, 0.1) is 0 Å². The van der Waals surface area contributed by atoms with E-state index in [1.165, 1.54) is 4.90 Å². The molecule has 1 unspecified atom stereocenters. The van der Waals surface area contributed by atoms with Gasteiger partial charge in [0.1, 0.15) is 0 Å². The number of hydrogen-bond acceptors (Lipinski definition) is 4. The van der Waals surface area contributed by atoms with Crippen molar-refractivity contribution in [2.75, 3.05) is 45.5 Å². The lowest BCUT2D eigenvalue weighted by Gasteiger charge is -2.33. The van der Waals surface area contributed by atoms with Gasteiger partial charge < -0.3 is 10.0 Å². The molecule has 18 heavy (non-hydrogen) atoms. The standard InChI is InChI=1S/C14H22N2OS/c1-15-7-9-16(10-8-15)11-13(17)12-18-14-5-3-2-4-6-14/h2-6,13,17H,7-12H2,1H3. The number of rotatable bonds is 5. The number of β-amino-alcohol motifs (C(OH)–C–C–N with tert-alkyl or cyclic N) is 1. The summed E-state index contributed by atoms with van der Waals surface area (Å²) in [4.78, 5) is 5.92. The second-order valence-electron chi connectivity index (χ2n) is 4.88. The van der Waals surface area contributed by atoms with Crippen molar-refractivity contribution in [1.29, 1.82) is 0 Å². The van der Waals surface area contributed by atoms with Crippen molar-refractivity contribution in [1.82, 2.24) is 9.80 Å². The van der Waals surface area contributed by atoms with Gasteiger partial charge in [-0.3, -0.25) is 4.90 Å². The fourth-order valence-corrected chi connectivity index (χ4v) is 2.93. The molecule has 0 aliphatic carbocycles. The van der Waals surface area contributed by atoms with E-state index in [4.69, 9.17) is 0 Å². The van der Waals surface area contributed by atoms with Crippen LogP contribution in [0.3, 0.4) is 0 Å². The zero-order valence-electron chi connectivity index (χ0n) is 11.0. The second kappa shape index (κ2) is 7.14. The SMILES string of the molecule is CN1CCN(CC(O)CSc2ccccc2)CC1. The van der Waals surface area contributed by atoms with Crippen molar-refractivity contribution >= 4 is 11.8 Å². The average Bonchev–Trinajstić information content (AvgIpc) is 2.40. The summed E-state index contributed by atoms with van der Waals surface area (Å²) in [5, 5.41) is 10.1. The minimum Gasteiger partial charge on any atom is -0.391 e. The van der Waals surface area contributed by atoms with E-state index in [1.54, 1.807) is 11.8 Å². The molecule has 1 saturated heterocycles. The fourth-order valence-electron chi connectivity index (χ4n) is 2.09. The Morgan fingerprint density at radius 3 is 2.50 bits per heavy atom. The lowest BCUT2D eigenvalue weighted by Crippen LogP contribution is -2.47. The van der Waals surface area contributed by atoms with Gasteiger partial charge in [-0.25, -0.2) is 0 Å². The molecule has 1 heterocycles. The summed E-state index contributed by atoms with van der Waals surface area (Å²) < 4.78 is 0. The predicted molar refractivity (Wildman–Crippen MR) is 77.1 cm³/mol. The van der Waals surface area contributed by atoms with E-state index in [0.717, 1.165) is 38.5 Å². The molecule has 1 atom stereocenters. The number of piperazine rings is 1. The van der Waals surface area contributed by atoms with Crippen LogP contribution < -0.4 is 0 Å². The number of hydrogen-bond donors (Lipinski definition) is 1. The first-order valence-electron chi connectivity index (χ1n) is 6.51. The highest BCUT2D eigenvalue weighted by Gasteiger charge is 2.16. The highest BCUT2D eigenvalue weighted by molar-refractivity contribution is 7.99. The zero-order chi connectivity index (χ0) is 12.8. The van der Waals surface area contributed by atoms with Gasteiger partial charge in [0, 0.05) is 43.4 Å². The normalized spacial score (nSPS) is 19.9. The summed E-state index contributed by atoms with van der Waals surface area (Å²) in [6.45, 7) is 5.16. The number of likely N-dealkylation sites (N-methyl/N-ethyl adjacent to an activating group) is 1. The van der Waals surface area contributed by atoms with Gasteiger partial charge in [-0.15, -0.1) is 11.8 Å². The summed E-state index contributed by atoms with van der Waals surface area (Å²) in [5.74, 6) is 0.774. The minimum absolute atomic E-state index is 0.237. The van der Waals surface area contributed by atoms with Crippen LogP contribution in [0.1, 0.15) is 0 Å². The summed E-state index contributed by atoms with van der Waals surface area (Å²) >= 11 is 1.73. The van der Waals surface area contributed by atoms with Crippen molar-refractivity contribution in [2.24, 2.45) is 0 Å². The van der Waals surface area contributed by atoms with Crippen LogP contribution in [0.5, 0.6) is 0 Å². The van der Waals surface area contributed by atoms with Gasteiger partial charge in [-0.05, 0) is 19.2 Å². The maximum Gasteiger partial charge on any atom is 0.0760 e. The molecule has 1 fully saturated rings. The van der Waals surface area contributed by atoms with Crippen LogP contribution in [0.2, 0.25) is 0 Å². The Balaban J connectivity index is 1.67. The Labute approximate surface area is 114 Å². The molecule has 100 valence electrons. The summed E-state index contributed by atoms with van der Waals surface area (Å²) in [7, 11) is 2.15. The molecule has 0 spiro atoms. The summed E-state index contributed by atoms with van der Waals surface area (Å²) in [6.07, 6.45) is -0.237. The quantitative estimate of drug-likeness (QED) is 0.815. The molecular weight excluding hydrogens is 244 g/mol. The zero-order valence-corrected chi connectivity index (χ0v) is 11.8. The fraction of sp³-hybridized carbons (Fsp3) is 0.571. The molecule has 0 amide bonds. The molecule has 0 saturated carbocycles. The van der Waals surface area contributed by atoms with Crippen LogP contribution in [-0.2, 0) is 0 Å². The third kappa shape index (κ3) is 4.61. The largest absolute Gasteiger partial charge is 0.391 e. The third-order valence-corrected chi connectivity index (χ3v) is 4.41. The van der Waals surface area contributed by atoms with E-state index in [-0.39, 0.29) is 6.10 Å². The van der Waals surface area contributed by atoms with Gasteiger partial charge in [-0.1, -0.05) is 18.2 Å². The molecule has 0 bridgehead atoms. The Morgan fingerprint density at radius 1 is 1.17 bits per heavy atom. The third-order valence-electron chi connectivity index (χ3n) is 3.25. The molecule has 1 aliphatic heterocycles. The Morgan fingerprint density at radius 2 is 1.83 bits per heavy atom. The number of aliphatic hydroxyl groups excluding tert-OH is 1. The Hall–Kier alpha value is -0.550. The van der Waals surface area contributed by atoms with E-state index in [1.807, 2.05) is 18.2 Å². The number of nitrogens with zero attached hydrogens (tertiary/aromatic N) is 2. The average molecular weight is 266 g/mol. The highest BCUT2D eigenvalue weighted by Crippen LogP contribution is 2.18. The summed E-state index contributed by atoms with van der Waals surface area (Å²) in [6, 6.07) is 10.3. The molecule has 3 nitrogen and oxygen atoms in total. The molecular formula is C14H22N2OS. The van der Waals surface area contributed by atoms with Crippen molar-refractivity contribution < 1.29 is 5.11 Å². The Kier molecular flexibility index (Phi) is 5.50. The van der Waals surface area contributed by atoms with Crippen LogP contribution in [0.4, 0.5) is 0 Å². The van der Waals surface area contributed by atoms with E-state index in [2.05, 4.69) is 29.0 Å². The van der Waals surface area contributed by atoms with Crippen molar-refractivity contribution in [3.8, 4) is 0 Å². The maximum absolute atomic E-state index is 10.1. The van der Waals surface area contributed by atoms with Gasteiger partial charge >= 0.3 is 0 Å². The second-order valence-corrected chi connectivity index (χ2v) is 5.98. The van der Waals surface area contributed by atoms with Crippen LogP contribution in [0.25, 0.3) is 0 Å². The first-order chi connectivity index (χ1) is 8.74. The maximum atomic E-state index is 10.1. The summed E-state index contributed by atoms with van der Waals surface area (Å²) in [5.41, 5.74) is 0. The molecule has 1 aromatic carbocycles. The van der Waals surface area contributed by atoms with Gasteiger partial charge in [0.25, 0.3) is 0 Å². The van der Waals surface area contributed by atoms with Gasteiger partial charge in [0.2, 0.25) is 0 Å². The number of aliphatic hydroxyl groups is 1.